The van der Waals surface area contributed by atoms with Gasteiger partial charge < -0.3 is 15.0 Å². The van der Waals surface area contributed by atoms with Crippen LogP contribution in [0.4, 0.5) is 0 Å². The molecule has 2 atom stereocenters. The average molecular weight is 361 g/mol. The molecule has 2 fully saturated rings. The summed E-state index contributed by atoms with van der Waals surface area (Å²) in [5.41, 5.74) is 1.30. The standard InChI is InChI=1S/C20H24N2O2.ClH/c1-14(18-8-4-6-15-5-2-3-7-19(15)18)21-11-17-12-22(16-9-10-16)20(23)13-24-17;/h2-8,14,16-17,21H,9-13H2,1H3;1H/t14-,17?;/m1./s1. The minimum Gasteiger partial charge on any atom is -0.365 e. The number of halogens is 1. The molecule has 134 valence electrons. The number of fused-ring (bicyclic) bond motifs is 1. The first-order valence-electron chi connectivity index (χ1n) is 8.84. The second-order valence-electron chi connectivity index (χ2n) is 6.91. The maximum absolute atomic E-state index is 11.9. The van der Waals surface area contributed by atoms with E-state index in [2.05, 4.69) is 54.7 Å². The molecule has 0 aromatic heterocycles. The lowest BCUT2D eigenvalue weighted by molar-refractivity contribution is -0.149. The number of hydrogen-bond acceptors (Lipinski definition) is 3. The Kier molecular flexibility index (Phi) is 5.62. The number of nitrogens with one attached hydrogen (secondary N) is 1. The van der Waals surface area contributed by atoms with Gasteiger partial charge in [0, 0.05) is 25.2 Å². The molecule has 25 heavy (non-hydrogen) atoms. The molecule has 1 aliphatic heterocycles. The molecule has 2 aromatic rings. The molecule has 1 heterocycles. The van der Waals surface area contributed by atoms with Crippen LogP contribution in [0.25, 0.3) is 10.8 Å². The molecule has 2 aromatic carbocycles. The molecule has 0 radical (unpaired) electrons. The number of nitrogens with zero attached hydrogens (tertiary/aromatic N) is 1. The van der Waals surface area contributed by atoms with Crippen molar-refractivity contribution in [1.82, 2.24) is 10.2 Å². The van der Waals surface area contributed by atoms with Crippen LogP contribution in [0.2, 0.25) is 0 Å². The monoisotopic (exact) mass is 360 g/mol. The fourth-order valence-electron chi connectivity index (χ4n) is 3.55. The third-order valence-electron chi connectivity index (χ3n) is 5.09. The first-order chi connectivity index (χ1) is 11.7. The third kappa shape index (κ3) is 3.97. The fourth-order valence-corrected chi connectivity index (χ4v) is 3.55. The molecule has 1 amide bonds. The number of ether oxygens (including phenoxy) is 1. The predicted molar refractivity (Wildman–Crippen MR) is 102 cm³/mol. The average Bonchev–Trinajstić information content (AvgIpc) is 3.45. The molecule has 1 aliphatic carbocycles. The molecular weight excluding hydrogens is 336 g/mol. The van der Waals surface area contributed by atoms with Gasteiger partial charge in [0.05, 0.1) is 6.10 Å². The maximum Gasteiger partial charge on any atom is 0.248 e. The van der Waals surface area contributed by atoms with Gasteiger partial charge in [-0.05, 0) is 36.1 Å². The van der Waals surface area contributed by atoms with Gasteiger partial charge in [0.15, 0.2) is 0 Å². The lowest BCUT2D eigenvalue weighted by Gasteiger charge is -2.33. The van der Waals surface area contributed by atoms with Gasteiger partial charge >= 0.3 is 0 Å². The number of rotatable bonds is 5. The first kappa shape index (κ1) is 18.2. The predicted octanol–water partition coefficient (Wildman–Crippen LogP) is 3.30. The van der Waals surface area contributed by atoms with E-state index >= 15 is 0 Å². The van der Waals surface area contributed by atoms with E-state index < -0.39 is 0 Å². The summed E-state index contributed by atoms with van der Waals surface area (Å²) in [5.74, 6) is 0.149. The summed E-state index contributed by atoms with van der Waals surface area (Å²) in [6.45, 7) is 3.90. The Morgan fingerprint density at radius 1 is 1.20 bits per heavy atom. The van der Waals surface area contributed by atoms with Crippen molar-refractivity contribution in [2.45, 2.75) is 38.0 Å². The minimum absolute atomic E-state index is 0. The van der Waals surface area contributed by atoms with E-state index in [1.54, 1.807) is 0 Å². The van der Waals surface area contributed by atoms with Gasteiger partial charge in [-0.2, -0.15) is 0 Å². The molecule has 5 heteroatoms. The van der Waals surface area contributed by atoms with Crippen LogP contribution in [0.15, 0.2) is 42.5 Å². The molecule has 1 unspecified atom stereocenters. The third-order valence-corrected chi connectivity index (χ3v) is 5.09. The Morgan fingerprint density at radius 3 is 2.76 bits per heavy atom. The van der Waals surface area contributed by atoms with Gasteiger partial charge in [-0.15, -0.1) is 12.4 Å². The van der Waals surface area contributed by atoms with Crippen molar-refractivity contribution in [2.24, 2.45) is 0 Å². The van der Waals surface area contributed by atoms with E-state index in [0.29, 0.717) is 6.04 Å². The number of carbonyl (C=O) groups is 1. The summed E-state index contributed by atoms with van der Waals surface area (Å²) in [6, 6.07) is 15.6. The molecular formula is C20H25ClN2O2. The van der Waals surface area contributed by atoms with E-state index in [0.717, 1.165) is 25.9 Å². The highest BCUT2D eigenvalue weighted by Gasteiger charge is 2.37. The van der Waals surface area contributed by atoms with Crippen LogP contribution in [-0.2, 0) is 9.53 Å². The number of benzene rings is 2. The van der Waals surface area contributed by atoms with Crippen LogP contribution in [-0.4, -0.2) is 42.6 Å². The number of carbonyl (C=O) groups excluding carboxylic acids is 1. The normalized spacial score (nSPS) is 21.9. The second kappa shape index (κ2) is 7.73. The summed E-state index contributed by atoms with van der Waals surface area (Å²) < 4.78 is 5.72. The zero-order chi connectivity index (χ0) is 16.5. The highest BCUT2D eigenvalue weighted by molar-refractivity contribution is 5.86. The number of amides is 1. The van der Waals surface area contributed by atoms with Gasteiger partial charge in [-0.25, -0.2) is 0 Å². The topological polar surface area (TPSA) is 41.6 Å². The molecule has 1 N–H and O–H groups in total. The van der Waals surface area contributed by atoms with Gasteiger partial charge in [0.2, 0.25) is 5.91 Å². The summed E-state index contributed by atoms with van der Waals surface area (Å²) in [4.78, 5) is 13.9. The zero-order valence-corrected chi connectivity index (χ0v) is 15.3. The van der Waals surface area contributed by atoms with Crippen molar-refractivity contribution < 1.29 is 9.53 Å². The van der Waals surface area contributed by atoms with Crippen molar-refractivity contribution in [3.63, 3.8) is 0 Å². The quantitative estimate of drug-likeness (QED) is 0.889. The molecule has 4 rings (SSSR count). The molecule has 4 nitrogen and oxygen atoms in total. The van der Waals surface area contributed by atoms with Crippen molar-refractivity contribution >= 4 is 29.1 Å². The Hall–Kier alpha value is -1.62. The van der Waals surface area contributed by atoms with Gasteiger partial charge in [-0.3, -0.25) is 4.79 Å². The molecule has 0 spiro atoms. The van der Waals surface area contributed by atoms with E-state index in [9.17, 15) is 4.79 Å². The maximum atomic E-state index is 11.9. The summed E-state index contributed by atoms with van der Waals surface area (Å²) in [7, 11) is 0. The first-order valence-corrected chi connectivity index (χ1v) is 8.84. The Balaban J connectivity index is 0.00000182. The van der Waals surface area contributed by atoms with Crippen molar-refractivity contribution in [3.8, 4) is 0 Å². The largest absolute Gasteiger partial charge is 0.365 e. The van der Waals surface area contributed by atoms with E-state index in [4.69, 9.17) is 4.74 Å². The van der Waals surface area contributed by atoms with Crippen LogP contribution >= 0.6 is 12.4 Å². The molecule has 1 saturated heterocycles. The Morgan fingerprint density at radius 2 is 1.96 bits per heavy atom. The fraction of sp³-hybridized carbons (Fsp3) is 0.450. The lowest BCUT2D eigenvalue weighted by Crippen LogP contribution is -2.50. The zero-order valence-electron chi connectivity index (χ0n) is 14.5. The van der Waals surface area contributed by atoms with Crippen molar-refractivity contribution in [1.29, 1.82) is 0 Å². The van der Waals surface area contributed by atoms with Crippen LogP contribution in [0, 0.1) is 0 Å². The van der Waals surface area contributed by atoms with Crippen LogP contribution in [0.3, 0.4) is 0 Å². The molecule has 1 saturated carbocycles. The van der Waals surface area contributed by atoms with Gasteiger partial charge in [0.25, 0.3) is 0 Å². The second-order valence-corrected chi connectivity index (χ2v) is 6.91. The van der Waals surface area contributed by atoms with Crippen LogP contribution in [0.1, 0.15) is 31.4 Å². The van der Waals surface area contributed by atoms with Gasteiger partial charge in [-0.1, -0.05) is 42.5 Å². The van der Waals surface area contributed by atoms with Crippen molar-refractivity contribution in [3.05, 3.63) is 48.0 Å². The van der Waals surface area contributed by atoms with E-state index in [1.165, 1.54) is 16.3 Å². The Bertz CT molecular complexity index is 742. The summed E-state index contributed by atoms with van der Waals surface area (Å²) in [5, 5.41) is 6.15. The SMILES string of the molecule is C[C@@H](NCC1CN(C2CC2)C(=O)CO1)c1cccc2ccccc12.Cl. The smallest absolute Gasteiger partial charge is 0.248 e. The van der Waals surface area contributed by atoms with E-state index in [-0.39, 0.29) is 37.1 Å². The minimum atomic E-state index is 0. The summed E-state index contributed by atoms with van der Waals surface area (Å²) in [6.07, 6.45) is 2.39. The highest BCUT2D eigenvalue weighted by Crippen LogP contribution is 2.29. The molecule has 2 aliphatic rings. The molecule has 0 bridgehead atoms. The van der Waals surface area contributed by atoms with Gasteiger partial charge in [0.1, 0.15) is 6.61 Å². The lowest BCUT2D eigenvalue weighted by atomic mass is 9.99. The van der Waals surface area contributed by atoms with Crippen molar-refractivity contribution in [2.75, 3.05) is 19.7 Å². The Labute approximate surface area is 154 Å². The number of morpholine rings is 1. The summed E-state index contributed by atoms with van der Waals surface area (Å²) >= 11 is 0. The number of hydrogen-bond donors (Lipinski definition) is 1. The van der Waals surface area contributed by atoms with Crippen LogP contribution in [0.5, 0.6) is 0 Å². The highest BCUT2D eigenvalue weighted by atomic mass is 35.5. The van der Waals surface area contributed by atoms with Crippen LogP contribution < -0.4 is 5.32 Å². The van der Waals surface area contributed by atoms with E-state index in [1.807, 2.05) is 4.90 Å².